The third-order valence-corrected chi connectivity index (χ3v) is 5.25. The van der Waals surface area contributed by atoms with Crippen LogP contribution in [0.25, 0.3) is 16.7 Å². The second kappa shape index (κ2) is 9.43. The number of carbonyl (C=O) groups excluding carboxylic acids is 1. The Morgan fingerprint density at radius 2 is 1.79 bits per heavy atom. The average Bonchev–Trinajstić information content (AvgIpc) is 2.75. The number of nitrogens with zero attached hydrogens (tertiary/aromatic N) is 2. The van der Waals surface area contributed by atoms with E-state index in [9.17, 15) is 4.79 Å². The van der Waals surface area contributed by atoms with Gasteiger partial charge in [-0.05, 0) is 61.2 Å². The lowest BCUT2D eigenvalue weighted by Crippen LogP contribution is -2.35. The van der Waals surface area contributed by atoms with Gasteiger partial charge in [-0.2, -0.15) is 5.26 Å². The highest BCUT2D eigenvalue weighted by molar-refractivity contribution is 6.22. The van der Waals surface area contributed by atoms with E-state index in [0.29, 0.717) is 5.56 Å². The van der Waals surface area contributed by atoms with Gasteiger partial charge >= 0.3 is 0 Å². The normalized spacial score (nSPS) is 15.0. The largest absolute Gasteiger partial charge is 0.379 e. The molecule has 0 aliphatic carbocycles. The lowest BCUT2D eigenvalue weighted by molar-refractivity contribution is -0.125. The van der Waals surface area contributed by atoms with Crippen LogP contribution in [0.3, 0.4) is 0 Å². The van der Waals surface area contributed by atoms with Crippen molar-refractivity contribution in [2.24, 2.45) is 0 Å². The Hall–Kier alpha value is -3.06. The number of nitriles is 1. The number of rotatable bonds is 7. The molecule has 0 saturated heterocycles. The second-order valence-corrected chi connectivity index (χ2v) is 7.61. The maximum atomic E-state index is 13.4. The number of anilines is 1. The van der Waals surface area contributed by atoms with E-state index in [1.807, 2.05) is 35.2 Å². The number of carbonyl (C=O) groups is 1. The van der Waals surface area contributed by atoms with Gasteiger partial charge in [0.15, 0.2) is 0 Å². The smallest absolute Gasteiger partial charge is 0.254 e. The van der Waals surface area contributed by atoms with Crippen LogP contribution in [-0.4, -0.2) is 29.9 Å². The van der Waals surface area contributed by atoms with Crippen LogP contribution in [-0.2, 0) is 4.79 Å². The van der Waals surface area contributed by atoms with Gasteiger partial charge in [-0.25, -0.2) is 0 Å². The Bertz CT molecular complexity index is 938. The highest BCUT2D eigenvalue weighted by Gasteiger charge is 2.25. The summed E-state index contributed by atoms with van der Waals surface area (Å²) in [5.41, 5.74) is 5.45. The van der Waals surface area contributed by atoms with E-state index >= 15 is 0 Å². The van der Waals surface area contributed by atoms with Crippen molar-refractivity contribution >= 4 is 17.2 Å². The lowest BCUT2D eigenvalue weighted by Gasteiger charge is -2.29. The molecule has 2 aromatic rings. The molecule has 150 valence electrons. The fourth-order valence-electron chi connectivity index (χ4n) is 3.73. The minimum atomic E-state index is 0.108. The van der Waals surface area contributed by atoms with Crippen molar-refractivity contribution in [2.45, 2.75) is 46.1 Å². The summed E-state index contributed by atoms with van der Waals surface area (Å²) in [7, 11) is 0. The molecule has 0 saturated carbocycles. The molecule has 1 atom stereocenters. The molecule has 2 aromatic carbocycles. The van der Waals surface area contributed by atoms with E-state index in [2.05, 4.69) is 50.4 Å². The molecule has 4 heteroatoms. The van der Waals surface area contributed by atoms with Gasteiger partial charge in [0, 0.05) is 36.0 Å². The van der Waals surface area contributed by atoms with E-state index in [0.717, 1.165) is 60.3 Å². The van der Waals surface area contributed by atoms with Crippen molar-refractivity contribution in [3.8, 4) is 17.2 Å². The van der Waals surface area contributed by atoms with Crippen LogP contribution in [0.15, 0.2) is 48.5 Å². The summed E-state index contributed by atoms with van der Waals surface area (Å²) in [4.78, 5) is 15.4. The zero-order valence-electron chi connectivity index (χ0n) is 17.5. The molecular formula is C25H29N3O. The van der Waals surface area contributed by atoms with Gasteiger partial charge in [0.1, 0.15) is 0 Å². The van der Waals surface area contributed by atoms with E-state index in [4.69, 9.17) is 5.26 Å². The summed E-state index contributed by atoms with van der Waals surface area (Å²) in [6.07, 6.45) is 5.09. The summed E-state index contributed by atoms with van der Waals surface area (Å²) in [5.74, 6) is 0.117. The van der Waals surface area contributed by atoms with Crippen LogP contribution in [0.2, 0.25) is 0 Å². The Morgan fingerprint density at radius 3 is 2.45 bits per heavy atom. The molecule has 0 bridgehead atoms. The predicted octanol–water partition coefficient (Wildman–Crippen LogP) is 5.46. The summed E-state index contributed by atoms with van der Waals surface area (Å²) >= 11 is 0. The third-order valence-electron chi connectivity index (χ3n) is 5.25. The third kappa shape index (κ3) is 4.68. The van der Waals surface area contributed by atoms with Crippen molar-refractivity contribution in [2.75, 3.05) is 18.4 Å². The summed E-state index contributed by atoms with van der Waals surface area (Å²) < 4.78 is 0. The fourth-order valence-corrected chi connectivity index (χ4v) is 3.73. The number of amides is 1. The van der Waals surface area contributed by atoms with Gasteiger partial charge < -0.3 is 10.2 Å². The highest BCUT2D eigenvalue weighted by atomic mass is 16.2. The minimum Gasteiger partial charge on any atom is -0.379 e. The predicted molar refractivity (Wildman–Crippen MR) is 119 cm³/mol. The molecule has 1 aliphatic rings. The number of nitrogens with one attached hydrogen (secondary N) is 1. The molecule has 1 unspecified atom stereocenters. The first-order valence-corrected chi connectivity index (χ1v) is 10.5. The van der Waals surface area contributed by atoms with Gasteiger partial charge in [-0.3, -0.25) is 4.79 Å². The number of fused-ring (bicyclic) bond motifs is 1. The monoisotopic (exact) mass is 387 g/mol. The van der Waals surface area contributed by atoms with Crippen LogP contribution in [0.5, 0.6) is 0 Å². The zero-order valence-corrected chi connectivity index (χ0v) is 17.5. The molecule has 4 nitrogen and oxygen atoms in total. The summed E-state index contributed by atoms with van der Waals surface area (Å²) in [6.45, 7) is 7.92. The number of hydrogen-bond acceptors (Lipinski definition) is 3. The Balaban J connectivity index is 1.97. The zero-order chi connectivity index (χ0) is 20.8. The lowest BCUT2D eigenvalue weighted by atomic mass is 9.92. The molecule has 0 fully saturated rings. The maximum absolute atomic E-state index is 13.4. The molecular weight excluding hydrogens is 358 g/mol. The first kappa shape index (κ1) is 20.7. The van der Waals surface area contributed by atoms with Crippen molar-refractivity contribution in [3.63, 3.8) is 0 Å². The quantitative estimate of drug-likeness (QED) is 0.686. The van der Waals surface area contributed by atoms with Crippen molar-refractivity contribution in [1.29, 1.82) is 5.26 Å². The van der Waals surface area contributed by atoms with E-state index in [1.165, 1.54) is 0 Å². The first-order chi connectivity index (χ1) is 14.1. The van der Waals surface area contributed by atoms with Gasteiger partial charge in [-0.15, -0.1) is 0 Å². The van der Waals surface area contributed by atoms with Crippen LogP contribution >= 0.6 is 0 Å². The van der Waals surface area contributed by atoms with Crippen LogP contribution in [0.4, 0.5) is 5.69 Å². The maximum Gasteiger partial charge on any atom is 0.254 e. The van der Waals surface area contributed by atoms with Gasteiger partial charge in [0.25, 0.3) is 5.91 Å². The fraction of sp³-hybridized carbons (Fsp3) is 0.360. The molecule has 0 radical (unpaired) electrons. The number of hydrogen-bond donors (Lipinski definition) is 1. The Kier molecular flexibility index (Phi) is 6.72. The highest BCUT2D eigenvalue weighted by Crippen LogP contribution is 2.35. The van der Waals surface area contributed by atoms with Crippen LogP contribution in [0.1, 0.15) is 51.2 Å². The van der Waals surface area contributed by atoms with Crippen molar-refractivity contribution in [1.82, 2.24) is 4.90 Å². The molecule has 29 heavy (non-hydrogen) atoms. The second-order valence-electron chi connectivity index (χ2n) is 7.61. The molecule has 1 heterocycles. The number of unbranched alkanes of at least 4 members (excludes halogenated alkanes) is 1. The topological polar surface area (TPSA) is 56.1 Å². The van der Waals surface area contributed by atoms with Gasteiger partial charge in [-0.1, -0.05) is 38.5 Å². The van der Waals surface area contributed by atoms with E-state index in [1.54, 1.807) is 0 Å². The first-order valence-electron chi connectivity index (χ1n) is 10.5. The standard InChI is InChI=1S/C25H29N3O/c1-4-6-14-28(13-5-2)25(29)23-15-18(3)27-24-12-11-21(16-22(23)24)20-9-7-19(17-26)8-10-20/h7-12,15-16,18,27H,4-6,13-14H2,1-3H3. The van der Waals surface area contributed by atoms with Crippen molar-refractivity contribution < 1.29 is 4.79 Å². The summed E-state index contributed by atoms with van der Waals surface area (Å²) in [6, 6.07) is 16.0. The van der Waals surface area contributed by atoms with E-state index in [-0.39, 0.29) is 11.9 Å². The molecule has 3 rings (SSSR count). The Morgan fingerprint density at radius 1 is 1.07 bits per heavy atom. The van der Waals surface area contributed by atoms with Gasteiger partial charge in [0.2, 0.25) is 0 Å². The van der Waals surface area contributed by atoms with E-state index < -0.39 is 0 Å². The van der Waals surface area contributed by atoms with Gasteiger partial charge in [0.05, 0.1) is 11.6 Å². The molecule has 1 aliphatic heterocycles. The van der Waals surface area contributed by atoms with Crippen LogP contribution in [0, 0.1) is 11.3 Å². The van der Waals surface area contributed by atoms with Crippen molar-refractivity contribution in [3.05, 3.63) is 59.7 Å². The van der Waals surface area contributed by atoms with Crippen LogP contribution < -0.4 is 5.32 Å². The number of benzene rings is 2. The molecule has 1 N–H and O–H groups in total. The Labute approximate surface area is 173 Å². The molecule has 0 aromatic heterocycles. The average molecular weight is 388 g/mol. The molecule has 1 amide bonds. The minimum absolute atomic E-state index is 0.108. The SMILES string of the molecule is CCCCN(CCC)C(=O)C1=CC(C)Nc2ccc(-c3ccc(C#N)cc3)cc21. The molecule has 0 spiro atoms. The summed E-state index contributed by atoms with van der Waals surface area (Å²) in [5, 5.41) is 12.5.